The van der Waals surface area contributed by atoms with Gasteiger partial charge in [0.15, 0.2) is 0 Å². The standard InChI is InChI=1S/C23H28N4/c1-2-6-22-21(5-1)25-23(27(22)20-11-13-24-14-12-20)19-9-7-18(8-10-19)17-26-15-3-4-16-26/h1-2,5-10,20,24H,3-4,11-17H2. The first-order chi connectivity index (χ1) is 13.4. The fraction of sp³-hybridized carbons (Fsp3) is 0.435. The highest BCUT2D eigenvalue weighted by Gasteiger charge is 2.22. The minimum Gasteiger partial charge on any atom is -0.321 e. The van der Waals surface area contributed by atoms with Gasteiger partial charge in [0.2, 0.25) is 0 Å². The molecule has 1 aromatic heterocycles. The van der Waals surface area contributed by atoms with Crippen LogP contribution in [0.2, 0.25) is 0 Å². The highest BCUT2D eigenvalue weighted by molar-refractivity contribution is 5.80. The average Bonchev–Trinajstić information content (AvgIpc) is 3.37. The zero-order valence-corrected chi connectivity index (χ0v) is 15.9. The van der Waals surface area contributed by atoms with Crippen LogP contribution >= 0.6 is 0 Å². The summed E-state index contributed by atoms with van der Waals surface area (Å²) in [5.41, 5.74) is 5.01. The van der Waals surface area contributed by atoms with Crippen molar-refractivity contribution in [3.63, 3.8) is 0 Å². The Labute approximate surface area is 161 Å². The Hall–Kier alpha value is -2.17. The van der Waals surface area contributed by atoms with Crippen LogP contribution in [0.25, 0.3) is 22.4 Å². The molecule has 0 atom stereocenters. The molecule has 2 aliphatic rings. The fourth-order valence-electron chi connectivity index (χ4n) is 4.64. The van der Waals surface area contributed by atoms with Gasteiger partial charge in [0.1, 0.15) is 5.82 Å². The summed E-state index contributed by atoms with van der Waals surface area (Å²) in [7, 11) is 0. The van der Waals surface area contributed by atoms with Gasteiger partial charge in [-0.3, -0.25) is 4.90 Å². The number of rotatable bonds is 4. The highest BCUT2D eigenvalue weighted by atomic mass is 15.1. The number of nitrogens with zero attached hydrogens (tertiary/aromatic N) is 3. The molecule has 0 amide bonds. The van der Waals surface area contributed by atoms with Crippen LogP contribution in [-0.2, 0) is 6.54 Å². The summed E-state index contributed by atoms with van der Waals surface area (Å²) in [6, 6.07) is 18.2. The Morgan fingerprint density at radius 2 is 1.67 bits per heavy atom. The molecular weight excluding hydrogens is 332 g/mol. The van der Waals surface area contributed by atoms with Gasteiger partial charge in [-0.05, 0) is 69.6 Å². The second-order valence-corrected chi connectivity index (χ2v) is 7.96. The summed E-state index contributed by atoms with van der Waals surface area (Å²) in [5.74, 6) is 1.12. The normalized spacial score (nSPS) is 19.1. The third-order valence-electron chi connectivity index (χ3n) is 6.09. The van der Waals surface area contributed by atoms with Crippen LogP contribution in [-0.4, -0.2) is 40.6 Å². The topological polar surface area (TPSA) is 33.1 Å². The number of piperidine rings is 1. The molecule has 2 aliphatic heterocycles. The fourth-order valence-corrected chi connectivity index (χ4v) is 4.64. The minimum atomic E-state index is 0.526. The smallest absolute Gasteiger partial charge is 0.141 e. The molecule has 0 aliphatic carbocycles. The van der Waals surface area contributed by atoms with Crippen LogP contribution in [0.3, 0.4) is 0 Å². The van der Waals surface area contributed by atoms with Gasteiger partial charge in [-0.1, -0.05) is 36.4 Å². The first-order valence-corrected chi connectivity index (χ1v) is 10.4. The van der Waals surface area contributed by atoms with Gasteiger partial charge < -0.3 is 9.88 Å². The molecule has 5 rings (SSSR count). The van der Waals surface area contributed by atoms with Crippen molar-refractivity contribution < 1.29 is 0 Å². The van der Waals surface area contributed by atoms with Gasteiger partial charge in [0.25, 0.3) is 0 Å². The molecule has 0 unspecified atom stereocenters. The molecule has 1 N–H and O–H groups in total. The lowest BCUT2D eigenvalue weighted by atomic mass is 10.0. The van der Waals surface area contributed by atoms with E-state index in [1.807, 2.05) is 0 Å². The Morgan fingerprint density at radius 1 is 0.926 bits per heavy atom. The second-order valence-electron chi connectivity index (χ2n) is 7.96. The van der Waals surface area contributed by atoms with Crippen LogP contribution < -0.4 is 5.32 Å². The van der Waals surface area contributed by atoms with Crippen molar-refractivity contribution in [3.8, 4) is 11.4 Å². The van der Waals surface area contributed by atoms with Crippen LogP contribution in [0.4, 0.5) is 0 Å². The average molecular weight is 361 g/mol. The molecule has 3 aromatic rings. The molecule has 0 radical (unpaired) electrons. The summed E-state index contributed by atoms with van der Waals surface area (Å²) in [6.07, 6.45) is 5.03. The molecule has 2 fully saturated rings. The molecule has 2 aromatic carbocycles. The number of fused-ring (bicyclic) bond motifs is 1. The first-order valence-electron chi connectivity index (χ1n) is 10.4. The molecular formula is C23H28N4. The van der Waals surface area contributed by atoms with Gasteiger partial charge in [-0.25, -0.2) is 4.98 Å². The van der Waals surface area contributed by atoms with Gasteiger partial charge in [-0.15, -0.1) is 0 Å². The lowest BCUT2D eigenvalue weighted by Crippen LogP contribution is -2.29. The van der Waals surface area contributed by atoms with Crippen molar-refractivity contribution in [3.05, 3.63) is 54.1 Å². The van der Waals surface area contributed by atoms with Crippen LogP contribution in [0.15, 0.2) is 48.5 Å². The van der Waals surface area contributed by atoms with Gasteiger partial charge in [0, 0.05) is 18.2 Å². The zero-order valence-electron chi connectivity index (χ0n) is 15.9. The van der Waals surface area contributed by atoms with Crippen molar-refractivity contribution in [2.75, 3.05) is 26.2 Å². The van der Waals surface area contributed by atoms with E-state index in [9.17, 15) is 0 Å². The monoisotopic (exact) mass is 360 g/mol. The van der Waals surface area contributed by atoms with Crippen molar-refractivity contribution in [1.82, 2.24) is 19.8 Å². The third kappa shape index (κ3) is 3.40. The quantitative estimate of drug-likeness (QED) is 0.756. The van der Waals surface area contributed by atoms with Gasteiger partial charge in [0.05, 0.1) is 11.0 Å². The summed E-state index contributed by atoms with van der Waals surface area (Å²) in [5, 5.41) is 3.49. The number of likely N-dealkylation sites (tertiary alicyclic amines) is 1. The maximum atomic E-state index is 5.02. The van der Waals surface area contributed by atoms with Crippen molar-refractivity contribution >= 4 is 11.0 Å². The van der Waals surface area contributed by atoms with E-state index in [1.54, 1.807) is 0 Å². The maximum absolute atomic E-state index is 5.02. The second kappa shape index (κ2) is 7.45. The maximum Gasteiger partial charge on any atom is 0.141 e. The molecule has 3 heterocycles. The first kappa shape index (κ1) is 17.0. The lowest BCUT2D eigenvalue weighted by Gasteiger charge is -2.26. The van der Waals surface area contributed by atoms with Crippen molar-refractivity contribution in [2.45, 2.75) is 38.3 Å². The van der Waals surface area contributed by atoms with Crippen LogP contribution in [0.1, 0.15) is 37.3 Å². The predicted octanol–water partition coefficient (Wildman–Crippen LogP) is 4.22. The molecule has 0 spiro atoms. The number of hydrogen-bond acceptors (Lipinski definition) is 3. The van der Waals surface area contributed by atoms with Crippen LogP contribution in [0, 0.1) is 0 Å². The Kier molecular flexibility index (Phi) is 4.68. The van der Waals surface area contributed by atoms with E-state index in [0.29, 0.717) is 6.04 Å². The Morgan fingerprint density at radius 3 is 2.44 bits per heavy atom. The van der Waals surface area contributed by atoms with E-state index in [0.717, 1.165) is 31.0 Å². The van der Waals surface area contributed by atoms with Crippen LogP contribution in [0.5, 0.6) is 0 Å². The molecule has 27 heavy (non-hydrogen) atoms. The zero-order chi connectivity index (χ0) is 18.1. The Bertz CT molecular complexity index is 900. The SMILES string of the molecule is c1ccc2c(c1)nc(-c1ccc(CN3CCCC3)cc1)n2C1CCNCC1. The Balaban J connectivity index is 1.50. The number of benzene rings is 2. The highest BCUT2D eigenvalue weighted by Crippen LogP contribution is 2.32. The summed E-state index contributed by atoms with van der Waals surface area (Å²) in [6.45, 7) is 5.74. The van der Waals surface area contributed by atoms with E-state index in [-0.39, 0.29) is 0 Å². The van der Waals surface area contributed by atoms with E-state index in [4.69, 9.17) is 4.98 Å². The largest absolute Gasteiger partial charge is 0.321 e. The lowest BCUT2D eigenvalue weighted by molar-refractivity contribution is 0.331. The molecule has 4 nitrogen and oxygen atoms in total. The van der Waals surface area contributed by atoms with Gasteiger partial charge in [-0.2, -0.15) is 0 Å². The number of hydrogen-bond donors (Lipinski definition) is 1. The molecule has 4 heteroatoms. The molecule has 0 saturated carbocycles. The van der Waals surface area contributed by atoms with Gasteiger partial charge >= 0.3 is 0 Å². The van der Waals surface area contributed by atoms with Crippen molar-refractivity contribution in [2.24, 2.45) is 0 Å². The number of nitrogens with one attached hydrogen (secondary N) is 1. The summed E-state index contributed by atoms with van der Waals surface area (Å²) < 4.78 is 2.49. The molecule has 2 saturated heterocycles. The van der Waals surface area contributed by atoms with E-state index in [1.165, 1.54) is 55.4 Å². The summed E-state index contributed by atoms with van der Waals surface area (Å²) in [4.78, 5) is 7.58. The number of aromatic nitrogens is 2. The molecule has 140 valence electrons. The van der Waals surface area contributed by atoms with E-state index in [2.05, 4.69) is 63.3 Å². The molecule has 0 bridgehead atoms. The predicted molar refractivity (Wildman–Crippen MR) is 111 cm³/mol. The third-order valence-corrected chi connectivity index (χ3v) is 6.09. The minimum absolute atomic E-state index is 0.526. The van der Waals surface area contributed by atoms with E-state index >= 15 is 0 Å². The number of para-hydroxylation sites is 2. The van der Waals surface area contributed by atoms with Crippen molar-refractivity contribution in [1.29, 1.82) is 0 Å². The van der Waals surface area contributed by atoms with E-state index < -0.39 is 0 Å². The number of imidazole rings is 1. The summed E-state index contributed by atoms with van der Waals surface area (Å²) >= 11 is 0.